The molecule has 1 saturated carbocycles. The molecule has 0 aliphatic heterocycles. The first-order valence-electron chi connectivity index (χ1n) is 16.3. The number of carbonyl (C=O) groups excluding carboxylic acids is 6. The van der Waals surface area contributed by atoms with Crippen molar-refractivity contribution in [3.05, 3.63) is 35.9 Å². The van der Waals surface area contributed by atoms with Gasteiger partial charge in [0.15, 0.2) is 6.04 Å². The number of hydrogen-bond acceptors (Lipinski definition) is 9. The second-order valence-electron chi connectivity index (χ2n) is 12.7. The van der Waals surface area contributed by atoms with Crippen LogP contribution >= 0.6 is 12.6 Å². The molecule has 0 spiro atoms. The van der Waals surface area contributed by atoms with Crippen molar-refractivity contribution in [3.63, 3.8) is 0 Å². The minimum Gasteiger partial charge on any atom is -0.479 e. The molecular weight excluding hydrogens is 642 g/mol. The predicted molar refractivity (Wildman–Crippen MR) is 180 cm³/mol. The largest absolute Gasteiger partial charge is 0.479 e. The molecule has 1 aromatic carbocycles. The summed E-state index contributed by atoms with van der Waals surface area (Å²) in [7, 11) is 0. The number of ether oxygens (including phenoxy) is 1. The summed E-state index contributed by atoms with van der Waals surface area (Å²) in [5, 5.41) is 21.8. The number of nitrogens with one attached hydrogen (secondary N) is 5. The number of ketones is 1. The van der Waals surface area contributed by atoms with Crippen molar-refractivity contribution in [2.24, 2.45) is 17.8 Å². The van der Waals surface area contributed by atoms with Crippen LogP contribution in [0.2, 0.25) is 0 Å². The number of aliphatic carboxylic acids is 1. The number of benzene rings is 1. The Morgan fingerprint density at radius 3 is 2.02 bits per heavy atom. The lowest BCUT2D eigenvalue weighted by Crippen LogP contribution is -2.59. The lowest BCUT2D eigenvalue weighted by Gasteiger charge is -2.31. The zero-order valence-corrected chi connectivity index (χ0v) is 28.8. The fourth-order valence-corrected chi connectivity index (χ4v) is 5.51. The van der Waals surface area contributed by atoms with E-state index in [1.165, 1.54) is 12.1 Å². The highest BCUT2D eigenvalue weighted by atomic mass is 32.1. The number of carboxylic acid groups (broad SMARTS) is 1. The second kappa shape index (κ2) is 20.3. The third kappa shape index (κ3) is 13.5. The van der Waals surface area contributed by atoms with Gasteiger partial charge in [0.25, 0.3) is 5.91 Å². The molecule has 0 aromatic heterocycles. The minimum absolute atomic E-state index is 0.0596. The van der Waals surface area contributed by atoms with Crippen LogP contribution in [0.15, 0.2) is 30.3 Å². The zero-order chi connectivity index (χ0) is 35.8. The van der Waals surface area contributed by atoms with Crippen molar-refractivity contribution in [1.29, 1.82) is 0 Å². The first kappa shape index (κ1) is 40.0. The van der Waals surface area contributed by atoms with Gasteiger partial charge in [0.1, 0.15) is 18.1 Å². The fourth-order valence-electron chi connectivity index (χ4n) is 5.26. The molecule has 0 radical (unpaired) electrons. The van der Waals surface area contributed by atoms with E-state index in [0.29, 0.717) is 5.56 Å². The standard InChI is InChI=1S/C33H49N5O9S/c1-19(2)15-23(35-30(42)26(21-11-7-5-8-12-21)38-33(46)47-17-20(3)4)29(41)36-24(18-48)28(40)31(43)34-16-25(39)37-27(32(44)45)22-13-9-6-10-14-22/h6,9-10,13-14,19-21,23-24,26-27,48H,5,7-8,11-12,15-18H2,1-4H3,(H,34,43)(H,35,42)(H,36,41)(H,37,39)(H,38,46)(H,44,45)/t23-,24?,26-,27-/m0/s1. The molecule has 266 valence electrons. The van der Waals surface area contributed by atoms with Gasteiger partial charge < -0.3 is 36.4 Å². The third-order valence-electron chi connectivity index (χ3n) is 7.70. The number of thiol groups is 1. The zero-order valence-electron chi connectivity index (χ0n) is 28.0. The van der Waals surface area contributed by atoms with Crippen molar-refractivity contribution in [3.8, 4) is 0 Å². The molecule has 6 N–H and O–H groups in total. The average Bonchev–Trinajstić information content (AvgIpc) is 3.06. The average molecular weight is 692 g/mol. The SMILES string of the molecule is CC(C)COC(=O)N[C@H](C(=O)N[C@@H](CC(C)C)C(=O)NC(CS)C(=O)C(=O)NCC(=O)N[C@H](C(=O)O)c1ccccc1)C1CCCCC1. The van der Waals surface area contributed by atoms with Crippen LogP contribution in [-0.4, -0.2) is 83.6 Å². The van der Waals surface area contributed by atoms with E-state index in [-0.39, 0.29) is 36.5 Å². The smallest absolute Gasteiger partial charge is 0.407 e. The maximum atomic E-state index is 13.6. The van der Waals surface area contributed by atoms with Gasteiger partial charge in [-0.1, -0.05) is 77.3 Å². The molecule has 14 nitrogen and oxygen atoms in total. The summed E-state index contributed by atoms with van der Waals surface area (Å²) in [6.07, 6.45) is 3.73. The molecule has 1 aliphatic rings. The number of carboxylic acids is 1. The summed E-state index contributed by atoms with van der Waals surface area (Å²) in [5.41, 5.74) is 0.313. The van der Waals surface area contributed by atoms with Crippen LogP contribution in [-0.2, 0) is 33.5 Å². The summed E-state index contributed by atoms with van der Waals surface area (Å²) >= 11 is 4.11. The molecule has 1 aliphatic carbocycles. The Kier molecular flexibility index (Phi) is 16.9. The molecule has 1 aromatic rings. The number of Topliss-reactive ketones (excluding diaryl/α,β-unsaturated/α-hetero) is 1. The Hall–Kier alpha value is -4.14. The molecule has 1 fully saturated rings. The molecule has 4 atom stereocenters. The molecule has 1 unspecified atom stereocenters. The van der Waals surface area contributed by atoms with Gasteiger partial charge in [0, 0.05) is 5.75 Å². The minimum atomic E-state index is -1.40. The normalized spacial score (nSPS) is 15.7. The molecule has 0 saturated heterocycles. The van der Waals surface area contributed by atoms with Crippen LogP contribution in [0.4, 0.5) is 4.79 Å². The Bertz CT molecular complexity index is 1270. The molecule has 5 amide bonds. The summed E-state index contributed by atoms with van der Waals surface area (Å²) in [5.74, 6) is -6.12. The Balaban J connectivity index is 2.06. The Morgan fingerprint density at radius 2 is 1.46 bits per heavy atom. The van der Waals surface area contributed by atoms with Crippen LogP contribution in [0, 0.1) is 17.8 Å². The van der Waals surface area contributed by atoms with E-state index in [0.717, 1.165) is 32.1 Å². The third-order valence-corrected chi connectivity index (χ3v) is 8.06. The van der Waals surface area contributed by atoms with Crippen molar-refractivity contribution in [2.45, 2.75) is 90.4 Å². The number of amides is 5. The lowest BCUT2D eigenvalue weighted by atomic mass is 9.83. The lowest BCUT2D eigenvalue weighted by molar-refractivity contribution is -0.142. The molecular formula is C33H49N5O9S. The highest BCUT2D eigenvalue weighted by Gasteiger charge is 2.35. The maximum Gasteiger partial charge on any atom is 0.407 e. The van der Waals surface area contributed by atoms with E-state index in [9.17, 15) is 38.7 Å². The number of hydrogen-bond donors (Lipinski definition) is 7. The summed E-state index contributed by atoms with van der Waals surface area (Å²) in [4.78, 5) is 89.2. The number of carbonyl (C=O) groups is 7. The van der Waals surface area contributed by atoms with Crippen LogP contribution < -0.4 is 26.6 Å². The number of alkyl carbamates (subject to hydrolysis) is 1. The Morgan fingerprint density at radius 1 is 0.833 bits per heavy atom. The van der Waals surface area contributed by atoms with E-state index in [4.69, 9.17) is 4.74 Å². The van der Waals surface area contributed by atoms with Gasteiger partial charge in [-0.05, 0) is 42.6 Å². The maximum absolute atomic E-state index is 13.6. The first-order chi connectivity index (χ1) is 22.7. The topological polar surface area (TPSA) is 209 Å². The summed E-state index contributed by atoms with van der Waals surface area (Å²) in [6.45, 7) is 6.95. The van der Waals surface area contributed by atoms with Crippen molar-refractivity contribution in [1.82, 2.24) is 26.6 Å². The molecule has 2 rings (SSSR count). The molecule has 48 heavy (non-hydrogen) atoms. The van der Waals surface area contributed by atoms with Gasteiger partial charge >= 0.3 is 12.1 Å². The first-order valence-corrected chi connectivity index (χ1v) is 16.9. The molecule has 0 heterocycles. The molecule has 0 bridgehead atoms. The van der Waals surface area contributed by atoms with Crippen molar-refractivity contribution in [2.75, 3.05) is 18.9 Å². The van der Waals surface area contributed by atoms with E-state index >= 15 is 0 Å². The van der Waals surface area contributed by atoms with Crippen LogP contribution in [0.1, 0.15) is 77.8 Å². The molecule has 15 heteroatoms. The Labute approximate surface area is 286 Å². The second-order valence-corrected chi connectivity index (χ2v) is 13.1. The quantitative estimate of drug-likeness (QED) is 0.0885. The van der Waals surface area contributed by atoms with Crippen LogP contribution in [0.3, 0.4) is 0 Å². The summed E-state index contributed by atoms with van der Waals surface area (Å²) in [6, 6.07) is 3.13. The summed E-state index contributed by atoms with van der Waals surface area (Å²) < 4.78 is 5.25. The van der Waals surface area contributed by atoms with Crippen molar-refractivity contribution >= 4 is 54.1 Å². The van der Waals surface area contributed by atoms with Gasteiger partial charge in [-0.25, -0.2) is 9.59 Å². The van der Waals surface area contributed by atoms with Crippen LogP contribution in [0.25, 0.3) is 0 Å². The van der Waals surface area contributed by atoms with Crippen molar-refractivity contribution < 1.29 is 43.4 Å². The van der Waals surface area contributed by atoms with Gasteiger partial charge in [-0.15, -0.1) is 0 Å². The number of rotatable bonds is 18. The van der Waals surface area contributed by atoms with Gasteiger partial charge in [0.2, 0.25) is 23.5 Å². The van der Waals surface area contributed by atoms with Crippen LogP contribution in [0.5, 0.6) is 0 Å². The highest BCUT2D eigenvalue weighted by Crippen LogP contribution is 2.27. The van der Waals surface area contributed by atoms with E-state index < -0.39 is 72.2 Å². The highest BCUT2D eigenvalue weighted by molar-refractivity contribution is 7.80. The van der Waals surface area contributed by atoms with E-state index in [1.54, 1.807) is 18.2 Å². The van der Waals surface area contributed by atoms with E-state index in [1.807, 2.05) is 27.7 Å². The van der Waals surface area contributed by atoms with Gasteiger partial charge in [0.05, 0.1) is 13.2 Å². The fraction of sp³-hybridized carbons (Fsp3) is 0.606. The predicted octanol–water partition coefficient (Wildman–Crippen LogP) is 1.89. The monoisotopic (exact) mass is 691 g/mol. The van der Waals surface area contributed by atoms with Gasteiger partial charge in [-0.2, -0.15) is 12.6 Å². The van der Waals surface area contributed by atoms with Gasteiger partial charge in [-0.3, -0.25) is 24.0 Å². The van der Waals surface area contributed by atoms with E-state index in [2.05, 4.69) is 39.2 Å².